The van der Waals surface area contributed by atoms with Gasteiger partial charge in [0.2, 0.25) is 0 Å². The van der Waals surface area contributed by atoms with Gasteiger partial charge in [0.25, 0.3) is 0 Å². The first-order valence-electron chi connectivity index (χ1n) is 8.69. The maximum atomic E-state index is 8.52. The lowest BCUT2D eigenvalue weighted by molar-refractivity contribution is -0.0121. The van der Waals surface area contributed by atoms with Gasteiger partial charge in [0.05, 0.1) is 45.7 Å². The van der Waals surface area contributed by atoms with E-state index >= 15 is 0 Å². The zero-order valence-electron chi connectivity index (χ0n) is 14.1. The fourth-order valence-corrected chi connectivity index (χ4v) is 2.17. The standard InChI is InChI=1S/C17H36O4/c1-3-4-5-6-7-8-9-10-17(2)21-16-15-20-14-13-19-12-11-18/h17-18H,3-16H2,1-2H3. The summed E-state index contributed by atoms with van der Waals surface area (Å²) in [6.45, 7) is 7.21. The van der Waals surface area contributed by atoms with Crippen molar-refractivity contribution in [3.05, 3.63) is 0 Å². The van der Waals surface area contributed by atoms with Gasteiger partial charge >= 0.3 is 0 Å². The van der Waals surface area contributed by atoms with Gasteiger partial charge in [-0.15, -0.1) is 0 Å². The highest BCUT2D eigenvalue weighted by Crippen LogP contribution is 2.10. The molecule has 4 heteroatoms. The summed E-state index contributed by atoms with van der Waals surface area (Å²) in [6, 6.07) is 0. The largest absolute Gasteiger partial charge is 0.394 e. The number of aliphatic hydroxyl groups excluding tert-OH is 1. The quantitative estimate of drug-likeness (QED) is 0.417. The first kappa shape index (κ1) is 20.8. The average Bonchev–Trinajstić information content (AvgIpc) is 2.49. The minimum absolute atomic E-state index is 0.0687. The van der Waals surface area contributed by atoms with E-state index < -0.39 is 0 Å². The van der Waals surface area contributed by atoms with Crippen LogP contribution in [0.4, 0.5) is 0 Å². The van der Waals surface area contributed by atoms with Crippen LogP contribution in [0.15, 0.2) is 0 Å². The third-order valence-electron chi connectivity index (χ3n) is 3.45. The molecule has 0 aromatic heterocycles. The molecule has 0 heterocycles. The SMILES string of the molecule is CCCCCCCCCC(C)OCCOCCOCCO. The third-order valence-corrected chi connectivity index (χ3v) is 3.45. The van der Waals surface area contributed by atoms with Crippen molar-refractivity contribution in [3.63, 3.8) is 0 Å². The monoisotopic (exact) mass is 304 g/mol. The lowest BCUT2D eigenvalue weighted by Gasteiger charge is -2.13. The predicted octanol–water partition coefficient (Wildman–Crippen LogP) is 3.56. The molecule has 0 fully saturated rings. The van der Waals surface area contributed by atoms with E-state index in [1.54, 1.807) is 0 Å². The summed E-state index contributed by atoms with van der Waals surface area (Å²) >= 11 is 0. The Kier molecular flexibility index (Phi) is 17.8. The summed E-state index contributed by atoms with van der Waals surface area (Å²) in [5, 5.41) is 8.52. The smallest absolute Gasteiger partial charge is 0.0704 e. The van der Waals surface area contributed by atoms with Gasteiger partial charge < -0.3 is 19.3 Å². The zero-order valence-corrected chi connectivity index (χ0v) is 14.1. The van der Waals surface area contributed by atoms with Crippen molar-refractivity contribution in [2.75, 3.05) is 39.6 Å². The Morgan fingerprint density at radius 3 is 2.00 bits per heavy atom. The molecule has 0 aliphatic carbocycles. The Hall–Kier alpha value is -0.160. The normalized spacial score (nSPS) is 12.7. The molecule has 1 N–H and O–H groups in total. The highest BCUT2D eigenvalue weighted by molar-refractivity contribution is 4.52. The van der Waals surface area contributed by atoms with E-state index in [-0.39, 0.29) is 6.61 Å². The summed E-state index contributed by atoms with van der Waals surface area (Å²) in [6.07, 6.45) is 10.9. The summed E-state index contributed by atoms with van der Waals surface area (Å²) < 4.78 is 16.2. The third kappa shape index (κ3) is 17.8. The minimum atomic E-state index is 0.0687. The molecule has 0 saturated heterocycles. The number of unbranched alkanes of at least 4 members (excludes halogenated alkanes) is 6. The van der Waals surface area contributed by atoms with Gasteiger partial charge in [-0.1, -0.05) is 51.9 Å². The van der Waals surface area contributed by atoms with E-state index in [0.29, 0.717) is 39.1 Å². The van der Waals surface area contributed by atoms with E-state index in [1.165, 1.54) is 44.9 Å². The van der Waals surface area contributed by atoms with Crippen molar-refractivity contribution in [1.29, 1.82) is 0 Å². The number of ether oxygens (including phenoxy) is 3. The van der Waals surface area contributed by atoms with Crippen LogP contribution in [-0.4, -0.2) is 50.9 Å². The summed E-state index contributed by atoms with van der Waals surface area (Å²) in [5.74, 6) is 0. The maximum absolute atomic E-state index is 8.52. The van der Waals surface area contributed by atoms with Gasteiger partial charge in [0.1, 0.15) is 0 Å². The van der Waals surface area contributed by atoms with Crippen LogP contribution in [0, 0.1) is 0 Å². The molecule has 0 spiro atoms. The number of hydrogen-bond acceptors (Lipinski definition) is 4. The van der Waals surface area contributed by atoms with E-state index in [1.807, 2.05) is 0 Å². The van der Waals surface area contributed by atoms with Gasteiger partial charge in [-0.3, -0.25) is 0 Å². The fourth-order valence-electron chi connectivity index (χ4n) is 2.17. The van der Waals surface area contributed by atoms with Crippen molar-refractivity contribution in [3.8, 4) is 0 Å². The van der Waals surface area contributed by atoms with Crippen molar-refractivity contribution in [2.24, 2.45) is 0 Å². The molecular weight excluding hydrogens is 268 g/mol. The van der Waals surface area contributed by atoms with Crippen LogP contribution in [0.25, 0.3) is 0 Å². The van der Waals surface area contributed by atoms with Crippen molar-refractivity contribution >= 4 is 0 Å². The molecule has 0 aromatic rings. The van der Waals surface area contributed by atoms with Gasteiger partial charge in [0, 0.05) is 0 Å². The van der Waals surface area contributed by atoms with Crippen molar-refractivity contribution in [1.82, 2.24) is 0 Å². The molecule has 0 radical (unpaired) electrons. The number of aliphatic hydroxyl groups is 1. The van der Waals surface area contributed by atoms with E-state index in [9.17, 15) is 0 Å². The van der Waals surface area contributed by atoms with Crippen LogP contribution >= 0.6 is 0 Å². The predicted molar refractivity (Wildman–Crippen MR) is 86.7 cm³/mol. The average molecular weight is 304 g/mol. The van der Waals surface area contributed by atoms with Gasteiger partial charge in [-0.25, -0.2) is 0 Å². The van der Waals surface area contributed by atoms with E-state index in [2.05, 4.69) is 13.8 Å². The summed E-state index contributed by atoms with van der Waals surface area (Å²) in [4.78, 5) is 0. The molecule has 0 aromatic carbocycles. The summed E-state index contributed by atoms with van der Waals surface area (Å²) in [5.41, 5.74) is 0. The van der Waals surface area contributed by atoms with Crippen LogP contribution in [-0.2, 0) is 14.2 Å². The number of rotatable bonds is 17. The second kappa shape index (κ2) is 17.9. The molecule has 0 amide bonds. The second-order valence-electron chi connectivity index (χ2n) is 5.54. The Morgan fingerprint density at radius 2 is 1.33 bits per heavy atom. The first-order valence-corrected chi connectivity index (χ1v) is 8.69. The first-order chi connectivity index (χ1) is 10.3. The Labute approximate surface area is 131 Å². The fraction of sp³-hybridized carbons (Fsp3) is 1.00. The highest BCUT2D eigenvalue weighted by atomic mass is 16.5. The lowest BCUT2D eigenvalue weighted by atomic mass is 10.1. The van der Waals surface area contributed by atoms with Gasteiger partial charge in [0.15, 0.2) is 0 Å². The zero-order chi connectivity index (χ0) is 15.6. The Morgan fingerprint density at radius 1 is 0.762 bits per heavy atom. The topological polar surface area (TPSA) is 47.9 Å². The molecule has 21 heavy (non-hydrogen) atoms. The Balaban J connectivity index is 3.11. The van der Waals surface area contributed by atoms with Crippen molar-refractivity contribution < 1.29 is 19.3 Å². The lowest BCUT2D eigenvalue weighted by Crippen LogP contribution is -2.15. The minimum Gasteiger partial charge on any atom is -0.394 e. The molecule has 0 aliphatic heterocycles. The second-order valence-corrected chi connectivity index (χ2v) is 5.54. The highest BCUT2D eigenvalue weighted by Gasteiger charge is 2.02. The molecule has 0 bridgehead atoms. The van der Waals surface area contributed by atoms with Crippen LogP contribution in [0.1, 0.15) is 65.2 Å². The van der Waals surface area contributed by atoms with Crippen LogP contribution in [0.2, 0.25) is 0 Å². The van der Waals surface area contributed by atoms with Gasteiger partial charge in [-0.2, -0.15) is 0 Å². The van der Waals surface area contributed by atoms with Crippen LogP contribution in [0.3, 0.4) is 0 Å². The maximum Gasteiger partial charge on any atom is 0.0704 e. The molecule has 0 aliphatic rings. The van der Waals surface area contributed by atoms with Crippen LogP contribution < -0.4 is 0 Å². The van der Waals surface area contributed by atoms with Gasteiger partial charge in [-0.05, 0) is 13.3 Å². The van der Waals surface area contributed by atoms with Crippen molar-refractivity contribution in [2.45, 2.75) is 71.3 Å². The molecule has 4 nitrogen and oxygen atoms in total. The summed E-state index contributed by atoms with van der Waals surface area (Å²) in [7, 11) is 0. The molecule has 0 rings (SSSR count). The Bertz CT molecular complexity index is 188. The molecular formula is C17H36O4. The molecule has 1 unspecified atom stereocenters. The number of hydrogen-bond donors (Lipinski definition) is 1. The van der Waals surface area contributed by atoms with Crippen LogP contribution in [0.5, 0.6) is 0 Å². The van der Waals surface area contributed by atoms with E-state index in [4.69, 9.17) is 19.3 Å². The molecule has 0 saturated carbocycles. The molecule has 128 valence electrons. The van der Waals surface area contributed by atoms with E-state index in [0.717, 1.165) is 6.42 Å². The molecule has 1 atom stereocenters.